The van der Waals surface area contributed by atoms with Crippen LogP contribution in [0.4, 0.5) is 5.82 Å². The van der Waals surface area contributed by atoms with E-state index in [0.29, 0.717) is 20.7 Å². The lowest BCUT2D eigenvalue weighted by Crippen LogP contribution is -2.05. The third-order valence-corrected chi connectivity index (χ3v) is 3.28. The van der Waals surface area contributed by atoms with Crippen LogP contribution in [0.5, 0.6) is 0 Å². The number of aliphatic hydroxyl groups excluding tert-OH is 1. The fourth-order valence-corrected chi connectivity index (χ4v) is 2.28. The molecule has 0 aliphatic carbocycles. The summed E-state index contributed by atoms with van der Waals surface area (Å²) in [5.41, 5.74) is 7.20. The molecule has 16 heavy (non-hydrogen) atoms. The van der Waals surface area contributed by atoms with E-state index in [0.717, 1.165) is 5.56 Å². The molecule has 0 radical (unpaired) electrons. The van der Waals surface area contributed by atoms with E-state index >= 15 is 0 Å². The lowest BCUT2D eigenvalue weighted by molar-refractivity contribution is 0.220. The Balaban J connectivity index is 2.40. The van der Waals surface area contributed by atoms with E-state index in [4.69, 9.17) is 17.3 Å². The normalized spacial score (nSPS) is 12.7. The second-order valence-electron chi connectivity index (χ2n) is 3.39. The van der Waals surface area contributed by atoms with Crippen molar-refractivity contribution in [3.63, 3.8) is 0 Å². The zero-order chi connectivity index (χ0) is 11.7. The van der Waals surface area contributed by atoms with E-state index in [2.05, 4.69) is 9.97 Å². The number of nitrogens with zero attached hydrogens (tertiary/aromatic N) is 2. The molecule has 0 saturated heterocycles. The van der Waals surface area contributed by atoms with Gasteiger partial charge in [-0.2, -0.15) is 0 Å². The Morgan fingerprint density at radius 3 is 2.81 bits per heavy atom. The molecule has 0 fully saturated rings. The van der Waals surface area contributed by atoms with Gasteiger partial charge in [-0.15, -0.1) is 11.3 Å². The molecular formula is C10H10ClN3OS. The molecule has 6 heteroatoms. The summed E-state index contributed by atoms with van der Waals surface area (Å²) < 4.78 is 0.535. The van der Waals surface area contributed by atoms with Crippen LogP contribution in [0.15, 0.2) is 18.5 Å². The highest BCUT2D eigenvalue weighted by Gasteiger charge is 2.17. The number of nitrogens with two attached hydrogens (primary N) is 1. The molecule has 0 aliphatic heterocycles. The van der Waals surface area contributed by atoms with Gasteiger partial charge < -0.3 is 10.8 Å². The Morgan fingerprint density at radius 1 is 1.44 bits per heavy atom. The first kappa shape index (κ1) is 11.3. The smallest absolute Gasteiger partial charge is 0.134 e. The van der Waals surface area contributed by atoms with Crippen LogP contribution in [-0.2, 0) is 0 Å². The number of anilines is 1. The maximum atomic E-state index is 10.1. The standard InChI is InChI=1S/C10H10ClN3OS/c1-5-2-6(9(12)13-3-5)8(15)10-14-4-7(11)16-10/h2-4,8,15H,1H3,(H2,12,13). The van der Waals surface area contributed by atoms with Gasteiger partial charge in [0.25, 0.3) is 0 Å². The molecule has 0 aliphatic rings. The lowest BCUT2D eigenvalue weighted by Gasteiger charge is -2.10. The molecule has 0 saturated carbocycles. The summed E-state index contributed by atoms with van der Waals surface area (Å²) in [7, 11) is 0. The topological polar surface area (TPSA) is 72.0 Å². The van der Waals surface area contributed by atoms with Crippen molar-refractivity contribution >= 4 is 28.8 Å². The van der Waals surface area contributed by atoms with Crippen molar-refractivity contribution in [2.24, 2.45) is 0 Å². The minimum Gasteiger partial charge on any atom is -0.383 e. The summed E-state index contributed by atoms with van der Waals surface area (Å²) in [4.78, 5) is 8.01. The number of nitrogen functional groups attached to an aromatic ring is 1. The number of hydrogen-bond donors (Lipinski definition) is 2. The Morgan fingerprint density at radius 2 is 2.19 bits per heavy atom. The van der Waals surface area contributed by atoms with Crippen LogP contribution in [0.2, 0.25) is 4.34 Å². The lowest BCUT2D eigenvalue weighted by atomic mass is 10.1. The quantitative estimate of drug-likeness (QED) is 0.863. The van der Waals surface area contributed by atoms with Gasteiger partial charge in [0.05, 0.1) is 6.20 Å². The highest BCUT2D eigenvalue weighted by molar-refractivity contribution is 7.15. The SMILES string of the molecule is Cc1cnc(N)c(C(O)c2ncc(Cl)s2)c1. The molecule has 2 heterocycles. The van der Waals surface area contributed by atoms with E-state index in [-0.39, 0.29) is 0 Å². The second kappa shape index (κ2) is 4.37. The van der Waals surface area contributed by atoms with Crippen molar-refractivity contribution in [3.05, 3.63) is 38.9 Å². The van der Waals surface area contributed by atoms with Gasteiger partial charge in [0.15, 0.2) is 0 Å². The summed E-state index contributed by atoms with van der Waals surface area (Å²) in [6.45, 7) is 1.89. The summed E-state index contributed by atoms with van der Waals surface area (Å²) >= 11 is 6.99. The zero-order valence-electron chi connectivity index (χ0n) is 8.51. The summed E-state index contributed by atoms with van der Waals surface area (Å²) in [5.74, 6) is 0.310. The first-order valence-corrected chi connectivity index (χ1v) is 5.78. The minimum atomic E-state index is -0.870. The van der Waals surface area contributed by atoms with Gasteiger partial charge in [0.2, 0.25) is 0 Å². The van der Waals surface area contributed by atoms with Crippen LogP contribution in [0.3, 0.4) is 0 Å². The molecule has 0 spiro atoms. The number of aliphatic hydroxyl groups is 1. The van der Waals surface area contributed by atoms with E-state index in [1.54, 1.807) is 12.3 Å². The molecule has 0 amide bonds. The molecular weight excluding hydrogens is 246 g/mol. The van der Waals surface area contributed by atoms with Crippen LogP contribution < -0.4 is 5.73 Å². The molecule has 2 aromatic rings. The van der Waals surface area contributed by atoms with Crippen molar-refractivity contribution in [2.45, 2.75) is 13.0 Å². The summed E-state index contributed by atoms with van der Waals surface area (Å²) in [6, 6.07) is 1.79. The molecule has 0 aromatic carbocycles. The minimum absolute atomic E-state index is 0.310. The van der Waals surface area contributed by atoms with Crippen molar-refractivity contribution in [1.29, 1.82) is 0 Å². The fourth-order valence-electron chi connectivity index (χ4n) is 1.35. The fraction of sp³-hybridized carbons (Fsp3) is 0.200. The number of aryl methyl sites for hydroxylation is 1. The van der Waals surface area contributed by atoms with Crippen LogP contribution in [0.1, 0.15) is 22.2 Å². The van der Waals surface area contributed by atoms with Gasteiger partial charge in [-0.1, -0.05) is 11.6 Å². The Kier molecular flexibility index (Phi) is 3.09. The Hall–Kier alpha value is -1.17. The van der Waals surface area contributed by atoms with Crippen molar-refractivity contribution < 1.29 is 5.11 Å². The summed E-state index contributed by atoms with van der Waals surface area (Å²) in [6.07, 6.45) is 2.29. The van der Waals surface area contributed by atoms with Gasteiger partial charge in [0.1, 0.15) is 21.3 Å². The van der Waals surface area contributed by atoms with Gasteiger partial charge in [-0.3, -0.25) is 0 Å². The maximum Gasteiger partial charge on any atom is 0.134 e. The van der Waals surface area contributed by atoms with E-state index < -0.39 is 6.10 Å². The average molecular weight is 256 g/mol. The first-order chi connectivity index (χ1) is 7.58. The van der Waals surface area contributed by atoms with Crippen molar-refractivity contribution in [2.75, 3.05) is 5.73 Å². The van der Waals surface area contributed by atoms with E-state index in [1.165, 1.54) is 17.5 Å². The molecule has 1 unspecified atom stereocenters. The van der Waals surface area contributed by atoms with Crippen molar-refractivity contribution in [3.8, 4) is 0 Å². The molecule has 4 nitrogen and oxygen atoms in total. The number of thiazole rings is 1. The van der Waals surface area contributed by atoms with Crippen LogP contribution >= 0.6 is 22.9 Å². The third-order valence-electron chi connectivity index (χ3n) is 2.11. The number of hydrogen-bond acceptors (Lipinski definition) is 5. The molecule has 1 atom stereocenters. The van der Waals surface area contributed by atoms with E-state index in [1.807, 2.05) is 6.92 Å². The second-order valence-corrected chi connectivity index (χ2v) is 5.09. The highest BCUT2D eigenvalue weighted by atomic mass is 35.5. The first-order valence-electron chi connectivity index (χ1n) is 4.59. The van der Waals surface area contributed by atoms with Crippen LogP contribution in [0.25, 0.3) is 0 Å². The average Bonchev–Trinajstić information content (AvgIpc) is 2.67. The molecule has 3 N–H and O–H groups in total. The largest absolute Gasteiger partial charge is 0.383 e. The zero-order valence-corrected chi connectivity index (χ0v) is 10.1. The van der Waals surface area contributed by atoms with Crippen LogP contribution in [0, 0.1) is 6.92 Å². The molecule has 0 bridgehead atoms. The Bertz CT molecular complexity index is 515. The molecule has 2 rings (SSSR count). The predicted molar refractivity (Wildman–Crippen MR) is 64.6 cm³/mol. The number of halogens is 1. The van der Waals surface area contributed by atoms with Crippen LogP contribution in [-0.4, -0.2) is 15.1 Å². The van der Waals surface area contributed by atoms with E-state index in [9.17, 15) is 5.11 Å². The van der Waals surface area contributed by atoms with Gasteiger partial charge >= 0.3 is 0 Å². The van der Waals surface area contributed by atoms with Gasteiger partial charge in [-0.05, 0) is 18.6 Å². The number of pyridine rings is 1. The highest BCUT2D eigenvalue weighted by Crippen LogP contribution is 2.30. The Labute approximate surface area is 102 Å². The molecule has 2 aromatic heterocycles. The number of aromatic nitrogens is 2. The van der Waals surface area contributed by atoms with Gasteiger partial charge in [-0.25, -0.2) is 9.97 Å². The van der Waals surface area contributed by atoms with Crippen molar-refractivity contribution in [1.82, 2.24) is 9.97 Å². The van der Waals surface area contributed by atoms with Gasteiger partial charge in [0, 0.05) is 11.8 Å². The predicted octanol–water partition coefficient (Wildman–Crippen LogP) is 2.16. The molecule has 84 valence electrons. The number of rotatable bonds is 2. The monoisotopic (exact) mass is 255 g/mol. The summed E-state index contributed by atoms with van der Waals surface area (Å²) in [5, 5.41) is 10.6. The maximum absolute atomic E-state index is 10.1. The third kappa shape index (κ3) is 2.16.